The Morgan fingerprint density at radius 2 is 1.36 bits per heavy atom. The largest absolute Gasteiger partial charge is 0.494 e. The molecule has 0 saturated carbocycles. The van der Waals surface area contributed by atoms with Crippen molar-refractivity contribution >= 4 is 11.9 Å². The molecule has 36 heavy (non-hydrogen) atoms. The van der Waals surface area contributed by atoms with E-state index in [9.17, 15) is 14.7 Å². The molecule has 0 bridgehead atoms. The monoisotopic (exact) mass is 489 g/mol. The van der Waals surface area contributed by atoms with E-state index in [0.29, 0.717) is 5.75 Å². The number of carbonyl (C=O) groups is 2. The van der Waals surface area contributed by atoms with Gasteiger partial charge in [0.05, 0.1) is 24.7 Å². The number of aliphatic hydroxyl groups excluding tert-OH is 1. The number of benzene rings is 3. The molecule has 6 heteroatoms. The second-order valence-electron chi connectivity index (χ2n) is 9.74. The van der Waals surface area contributed by atoms with E-state index in [1.807, 2.05) is 60.7 Å². The molecule has 3 aromatic carbocycles. The van der Waals surface area contributed by atoms with E-state index in [1.165, 1.54) is 0 Å². The van der Waals surface area contributed by atoms with Crippen LogP contribution in [0.4, 0.5) is 4.79 Å². The number of aliphatic hydroxyl groups is 1. The van der Waals surface area contributed by atoms with Crippen LogP contribution < -0.4 is 10.1 Å². The topological polar surface area (TPSA) is 84.9 Å². The molecule has 2 N–H and O–H groups in total. The third-order valence-corrected chi connectivity index (χ3v) is 5.62. The highest BCUT2D eigenvalue weighted by Crippen LogP contribution is 2.28. The predicted molar refractivity (Wildman–Crippen MR) is 140 cm³/mol. The molecule has 2 atom stereocenters. The van der Waals surface area contributed by atoms with Crippen LogP contribution in [0.3, 0.4) is 0 Å². The van der Waals surface area contributed by atoms with Crippen LogP contribution in [0.2, 0.25) is 0 Å². The van der Waals surface area contributed by atoms with Crippen molar-refractivity contribution in [2.75, 3.05) is 6.61 Å². The molecule has 3 aromatic rings. The Labute approximate surface area is 213 Å². The second kappa shape index (κ2) is 12.4. The van der Waals surface area contributed by atoms with Gasteiger partial charge in [0, 0.05) is 6.42 Å². The molecule has 1 amide bonds. The van der Waals surface area contributed by atoms with Gasteiger partial charge in [-0.05, 0) is 56.5 Å². The van der Waals surface area contributed by atoms with Crippen molar-refractivity contribution in [3.63, 3.8) is 0 Å². The first kappa shape index (κ1) is 27.0. The van der Waals surface area contributed by atoms with Crippen molar-refractivity contribution < 1.29 is 24.2 Å². The molecule has 0 aliphatic rings. The molecule has 0 aromatic heterocycles. The number of alkyl carbamates (subject to hydrolysis) is 1. The lowest BCUT2D eigenvalue weighted by Crippen LogP contribution is -2.46. The maximum Gasteiger partial charge on any atom is 0.408 e. The van der Waals surface area contributed by atoms with Gasteiger partial charge in [-0.25, -0.2) is 4.79 Å². The van der Waals surface area contributed by atoms with Crippen LogP contribution in [0.15, 0.2) is 84.9 Å². The average molecular weight is 490 g/mol. The molecular formula is C30H35NO5. The quantitative estimate of drug-likeness (QED) is 0.376. The van der Waals surface area contributed by atoms with Crippen molar-refractivity contribution in [3.05, 3.63) is 102 Å². The number of ether oxygens (including phenoxy) is 2. The number of hydrogen-bond donors (Lipinski definition) is 2. The number of nitrogens with one attached hydrogen (secondary N) is 1. The van der Waals surface area contributed by atoms with Crippen molar-refractivity contribution in [3.8, 4) is 5.75 Å². The molecule has 0 spiro atoms. The number of hydrogen-bond acceptors (Lipinski definition) is 5. The lowest BCUT2D eigenvalue weighted by molar-refractivity contribution is -0.122. The highest BCUT2D eigenvalue weighted by atomic mass is 16.6. The van der Waals surface area contributed by atoms with Crippen molar-refractivity contribution in [2.24, 2.45) is 0 Å². The number of carbonyl (C=O) groups excluding carboxylic acids is 2. The molecule has 0 fully saturated rings. The minimum atomic E-state index is -0.831. The standard InChI is InChI=1S/C30H35NO5/c1-21(32)22-15-17-25(18-16-22)35-20-19-26(31-29(34)36-30(2,3)4)28(33)27(23-11-7-5-8-12-23)24-13-9-6-10-14-24/h5-18,21,26-27,32H,19-20H2,1-4H3,(H,31,34)/t21?,26-/m1/s1. The lowest BCUT2D eigenvalue weighted by atomic mass is 9.84. The molecule has 0 heterocycles. The average Bonchev–Trinajstić information content (AvgIpc) is 2.84. The van der Waals surface area contributed by atoms with Crippen LogP contribution in [0.25, 0.3) is 0 Å². The van der Waals surface area contributed by atoms with Crippen molar-refractivity contribution in [2.45, 2.75) is 57.8 Å². The summed E-state index contributed by atoms with van der Waals surface area (Å²) < 4.78 is 11.3. The molecule has 0 aliphatic carbocycles. The Morgan fingerprint density at radius 3 is 1.83 bits per heavy atom. The summed E-state index contributed by atoms with van der Waals surface area (Å²) in [5.74, 6) is -0.0884. The Hall–Kier alpha value is -3.64. The molecular weight excluding hydrogens is 454 g/mol. The Kier molecular flexibility index (Phi) is 9.25. The van der Waals surface area contributed by atoms with E-state index in [0.717, 1.165) is 16.7 Å². The smallest absolute Gasteiger partial charge is 0.408 e. The summed E-state index contributed by atoms with van der Waals surface area (Å²) in [4.78, 5) is 26.6. The molecule has 6 nitrogen and oxygen atoms in total. The number of Topliss-reactive ketones (excluding diaryl/α,β-unsaturated/α-hetero) is 1. The fraction of sp³-hybridized carbons (Fsp3) is 0.333. The molecule has 0 radical (unpaired) electrons. The minimum absolute atomic E-state index is 0.147. The summed E-state index contributed by atoms with van der Waals surface area (Å²) in [6.07, 6.45) is -0.958. The molecule has 0 saturated heterocycles. The fourth-order valence-corrected chi connectivity index (χ4v) is 3.89. The Bertz CT molecular complexity index is 1070. The van der Waals surface area contributed by atoms with Gasteiger partial charge in [-0.2, -0.15) is 0 Å². The summed E-state index contributed by atoms with van der Waals surface area (Å²) in [6, 6.07) is 25.4. The number of ketones is 1. The van der Waals surface area contributed by atoms with E-state index in [1.54, 1.807) is 52.0 Å². The van der Waals surface area contributed by atoms with Crippen LogP contribution in [-0.2, 0) is 9.53 Å². The summed E-state index contributed by atoms with van der Waals surface area (Å²) in [5, 5.41) is 12.5. The third-order valence-electron chi connectivity index (χ3n) is 5.62. The van der Waals surface area contributed by atoms with Gasteiger partial charge in [0.25, 0.3) is 0 Å². The highest BCUT2D eigenvalue weighted by Gasteiger charge is 2.32. The van der Waals surface area contributed by atoms with E-state index in [2.05, 4.69) is 5.32 Å². The van der Waals surface area contributed by atoms with Crippen LogP contribution in [0.1, 0.15) is 62.8 Å². The number of amides is 1. The number of rotatable bonds is 10. The van der Waals surface area contributed by atoms with E-state index < -0.39 is 29.8 Å². The van der Waals surface area contributed by atoms with Crippen molar-refractivity contribution in [1.82, 2.24) is 5.32 Å². The molecule has 190 valence electrons. The maximum atomic E-state index is 14.0. The normalized spacial score (nSPS) is 13.1. The van der Waals surface area contributed by atoms with Gasteiger partial charge in [-0.15, -0.1) is 0 Å². The van der Waals surface area contributed by atoms with Gasteiger partial charge < -0.3 is 19.9 Å². The zero-order valence-electron chi connectivity index (χ0n) is 21.3. The van der Waals surface area contributed by atoms with Crippen LogP contribution in [0, 0.1) is 0 Å². The zero-order valence-corrected chi connectivity index (χ0v) is 21.3. The van der Waals surface area contributed by atoms with Gasteiger partial charge in [-0.1, -0.05) is 72.8 Å². The third kappa shape index (κ3) is 7.95. The van der Waals surface area contributed by atoms with Crippen molar-refractivity contribution in [1.29, 1.82) is 0 Å². The zero-order chi connectivity index (χ0) is 26.1. The fourth-order valence-electron chi connectivity index (χ4n) is 3.89. The first-order chi connectivity index (χ1) is 17.1. The highest BCUT2D eigenvalue weighted by molar-refractivity contribution is 5.95. The van der Waals surface area contributed by atoms with E-state index in [-0.39, 0.29) is 18.8 Å². The molecule has 0 aliphatic heterocycles. The predicted octanol–water partition coefficient (Wildman–Crippen LogP) is 5.80. The first-order valence-corrected chi connectivity index (χ1v) is 12.2. The van der Waals surface area contributed by atoms with Crippen LogP contribution in [-0.4, -0.2) is 35.2 Å². The second-order valence-corrected chi connectivity index (χ2v) is 9.74. The molecule has 3 rings (SSSR count). The maximum absolute atomic E-state index is 14.0. The van der Waals surface area contributed by atoms with Gasteiger partial charge in [0.15, 0.2) is 5.78 Å². The Morgan fingerprint density at radius 1 is 0.833 bits per heavy atom. The first-order valence-electron chi connectivity index (χ1n) is 12.2. The molecule has 1 unspecified atom stereocenters. The van der Waals surface area contributed by atoms with Crippen LogP contribution in [0.5, 0.6) is 5.75 Å². The minimum Gasteiger partial charge on any atom is -0.494 e. The summed E-state index contributed by atoms with van der Waals surface area (Å²) in [7, 11) is 0. The summed E-state index contributed by atoms with van der Waals surface area (Å²) in [6.45, 7) is 7.24. The summed E-state index contributed by atoms with van der Waals surface area (Å²) in [5.41, 5.74) is 1.78. The van der Waals surface area contributed by atoms with Gasteiger partial charge in [-0.3, -0.25) is 4.79 Å². The lowest BCUT2D eigenvalue weighted by Gasteiger charge is -2.26. The van der Waals surface area contributed by atoms with Gasteiger partial charge >= 0.3 is 6.09 Å². The van der Waals surface area contributed by atoms with E-state index >= 15 is 0 Å². The van der Waals surface area contributed by atoms with Gasteiger partial charge in [0.2, 0.25) is 0 Å². The Balaban J connectivity index is 1.82. The summed E-state index contributed by atoms with van der Waals surface area (Å²) >= 11 is 0. The van der Waals surface area contributed by atoms with Crippen LogP contribution >= 0.6 is 0 Å². The van der Waals surface area contributed by atoms with Gasteiger partial charge in [0.1, 0.15) is 11.4 Å². The van der Waals surface area contributed by atoms with E-state index in [4.69, 9.17) is 9.47 Å². The SMILES string of the molecule is CC(O)c1ccc(OCC[C@@H](NC(=O)OC(C)(C)C)C(=O)C(c2ccccc2)c2ccccc2)cc1.